The summed E-state index contributed by atoms with van der Waals surface area (Å²) in [7, 11) is 2.15. The molecule has 0 aliphatic rings. The number of nitriles is 1. The van der Waals surface area contributed by atoms with E-state index in [4.69, 9.17) is 5.26 Å². The Bertz CT molecular complexity index is 537. The molecular formula is C16H18N2S. The standard InChI is InChI=1S/C16H18N2S/c1-13(10-16-4-3-9-19-16)18(2)12-15-7-5-14(11-17)6-8-15/h3-9,13H,10,12H2,1-2H3. The van der Waals surface area contributed by atoms with Crippen LogP contribution in [-0.2, 0) is 13.0 Å². The second-order valence-corrected chi connectivity index (χ2v) is 5.89. The van der Waals surface area contributed by atoms with Gasteiger partial charge < -0.3 is 0 Å². The molecule has 2 nitrogen and oxygen atoms in total. The van der Waals surface area contributed by atoms with Gasteiger partial charge in [-0.15, -0.1) is 11.3 Å². The van der Waals surface area contributed by atoms with E-state index in [1.54, 1.807) is 0 Å². The van der Waals surface area contributed by atoms with Crippen LogP contribution in [0, 0.1) is 11.3 Å². The molecule has 0 aliphatic carbocycles. The average molecular weight is 270 g/mol. The number of likely N-dealkylation sites (N-methyl/N-ethyl adjacent to an activating group) is 1. The van der Waals surface area contributed by atoms with Crippen molar-refractivity contribution in [2.75, 3.05) is 7.05 Å². The highest BCUT2D eigenvalue weighted by Gasteiger charge is 2.11. The summed E-state index contributed by atoms with van der Waals surface area (Å²) in [6, 6.07) is 14.8. The molecule has 0 saturated heterocycles. The topological polar surface area (TPSA) is 27.0 Å². The number of thiophene rings is 1. The number of hydrogen-bond donors (Lipinski definition) is 0. The molecule has 19 heavy (non-hydrogen) atoms. The first-order chi connectivity index (χ1) is 9.19. The van der Waals surface area contributed by atoms with Gasteiger partial charge in [0.05, 0.1) is 11.6 Å². The Labute approximate surface area is 118 Å². The van der Waals surface area contributed by atoms with Crippen molar-refractivity contribution in [3.05, 3.63) is 57.8 Å². The maximum Gasteiger partial charge on any atom is 0.0991 e. The molecule has 1 heterocycles. The van der Waals surface area contributed by atoms with Gasteiger partial charge in [-0.3, -0.25) is 4.90 Å². The van der Waals surface area contributed by atoms with E-state index >= 15 is 0 Å². The van der Waals surface area contributed by atoms with Crippen molar-refractivity contribution in [3.8, 4) is 6.07 Å². The Morgan fingerprint density at radius 3 is 2.58 bits per heavy atom. The molecule has 0 radical (unpaired) electrons. The molecule has 0 spiro atoms. The summed E-state index contributed by atoms with van der Waals surface area (Å²) in [6.45, 7) is 3.17. The monoisotopic (exact) mass is 270 g/mol. The maximum atomic E-state index is 8.78. The Morgan fingerprint density at radius 1 is 1.26 bits per heavy atom. The van der Waals surface area contributed by atoms with Crippen LogP contribution in [0.25, 0.3) is 0 Å². The van der Waals surface area contributed by atoms with E-state index in [2.05, 4.69) is 42.5 Å². The summed E-state index contributed by atoms with van der Waals surface area (Å²) < 4.78 is 0. The summed E-state index contributed by atoms with van der Waals surface area (Å²) in [6.07, 6.45) is 1.09. The van der Waals surface area contributed by atoms with Crippen molar-refractivity contribution < 1.29 is 0 Å². The third-order valence-corrected chi connectivity index (χ3v) is 4.24. The third kappa shape index (κ3) is 3.92. The molecular weight excluding hydrogens is 252 g/mol. The predicted octanol–water partition coefficient (Wildman–Crippen LogP) is 3.68. The molecule has 0 amide bonds. The van der Waals surface area contributed by atoms with Gasteiger partial charge in [-0.05, 0) is 49.5 Å². The van der Waals surface area contributed by atoms with Gasteiger partial charge in [0.15, 0.2) is 0 Å². The normalized spacial score (nSPS) is 12.3. The molecule has 0 saturated carbocycles. The molecule has 1 aromatic heterocycles. The van der Waals surface area contributed by atoms with E-state index in [0.717, 1.165) is 18.5 Å². The highest BCUT2D eigenvalue weighted by atomic mass is 32.1. The smallest absolute Gasteiger partial charge is 0.0991 e. The first-order valence-electron chi connectivity index (χ1n) is 6.40. The number of nitrogens with zero attached hydrogens (tertiary/aromatic N) is 2. The molecule has 1 aromatic carbocycles. The predicted molar refractivity (Wildman–Crippen MR) is 80.1 cm³/mol. The fraction of sp³-hybridized carbons (Fsp3) is 0.312. The minimum atomic E-state index is 0.509. The molecule has 3 heteroatoms. The van der Waals surface area contributed by atoms with Crippen LogP contribution in [0.4, 0.5) is 0 Å². The highest BCUT2D eigenvalue weighted by Crippen LogP contribution is 2.15. The molecule has 0 fully saturated rings. The van der Waals surface area contributed by atoms with Crippen molar-refractivity contribution in [1.29, 1.82) is 5.26 Å². The maximum absolute atomic E-state index is 8.78. The fourth-order valence-electron chi connectivity index (χ4n) is 2.00. The molecule has 0 aliphatic heterocycles. The summed E-state index contributed by atoms with van der Waals surface area (Å²) in [5.74, 6) is 0. The Kier molecular flexibility index (Phi) is 4.73. The minimum Gasteiger partial charge on any atom is -0.299 e. The van der Waals surface area contributed by atoms with E-state index in [-0.39, 0.29) is 0 Å². The zero-order valence-corrected chi connectivity index (χ0v) is 12.2. The SMILES string of the molecule is CC(Cc1cccs1)N(C)Cc1ccc(C#N)cc1. The highest BCUT2D eigenvalue weighted by molar-refractivity contribution is 7.09. The molecule has 0 bridgehead atoms. The molecule has 2 rings (SSSR count). The van der Waals surface area contributed by atoms with Crippen LogP contribution < -0.4 is 0 Å². The Balaban J connectivity index is 1.92. The summed E-state index contributed by atoms with van der Waals surface area (Å²) in [5.41, 5.74) is 1.97. The van der Waals surface area contributed by atoms with Crippen LogP contribution in [0.3, 0.4) is 0 Å². The van der Waals surface area contributed by atoms with Gasteiger partial charge in [0.1, 0.15) is 0 Å². The number of rotatable bonds is 5. The van der Waals surface area contributed by atoms with Crippen molar-refractivity contribution in [2.45, 2.75) is 25.9 Å². The number of hydrogen-bond acceptors (Lipinski definition) is 3. The van der Waals surface area contributed by atoms with Crippen molar-refractivity contribution in [2.24, 2.45) is 0 Å². The van der Waals surface area contributed by atoms with Gasteiger partial charge in [-0.2, -0.15) is 5.26 Å². The summed E-state index contributed by atoms with van der Waals surface area (Å²) >= 11 is 1.82. The van der Waals surface area contributed by atoms with E-state index in [9.17, 15) is 0 Å². The molecule has 2 aromatic rings. The van der Waals surface area contributed by atoms with Crippen LogP contribution in [-0.4, -0.2) is 18.0 Å². The Morgan fingerprint density at radius 2 is 2.00 bits per heavy atom. The lowest BCUT2D eigenvalue weighted by Crippen LogP contribution is -2.30. The Hall–Kier alpha value is -1.63. The van der Waals surface area contributed by atoms with Crippen molar-refractivity contribution in [1.82, 2.24) is 4.90 Å². The van der Waals surface area contributed by atoms with Gasteiger partial charge in [0.25, 0.3) is 0 Å². The van der Waals surface area contributed by atoms with Crippen molar-refractivity contribution in [3.63, 3.8) is 0 Å². The van der Waals surface area contributed by atoms with Crippen LogP contribution in [0.2, 0.25) is 0 Å². The number of benzene rings is 1. The lowest BCUT2D eigenvalue weighted by atomic mass is 10.1. The minimum absolute atomic E-state index is 0.509. The van der Waals surface area contributed by atoms with E-state index in [1.807, 2.05) is 35.6 Å². The first kappa shape index (κ1) is 13.8. The van der Waals surface area contributed by atoms with Crippen LogP contribution in [0.15, 0.2) is 41.8 Å². The molecule has 0 N–H and O–H groups in total. The molecule has 1 atom stereocenters. The average Bonchev–Trinajstić information content (AvgIpc) is 2.92. The van der Waals surface area contributed by atoms with Gasteiger partial charge in [-0.1, -0.05) is 18.2 Å². The van der Waals surface area contributed by atoms with Crippen molar-refractivity contribution >= 4 is 11.3 Å². The van der Waals surface area contributed by atoms with E-state index in [0.29, 0.717) is 6.04 Å². The van der Waals surface area contributed by atoms with Gasteiger partial charge in [0.2, 0.25) is 0 Å². The van der Waals surface area contributed by atoms with Gasteiger partial charge in [0, 0.05) is 17.5 Å². The van der Waals surface area contributed by atoms with Crippen LogP contribution in [0.1, 0.15) is 22.9 Å². The van der Waals surface area contributed by atoms with Crippen LogP contribution >= 0.6 is 11.3 Å². The lowest BCUT2D eigenvalue weighted by Gasteiger charge is -2.24. The quantitative estimate of drug-likeness (QED) is 0.828. The van der Waals surface area contributed by atoms with E-state index < -0.39 is 0 Å². The molecule has 98 valence electrons. The third-order valence-electron chi connectivity index (χ3n) is 3.34. The molecule has 1 unspecified atom stereocenters. The lowest BCUT2D eigenvalue weighted by molar-refractivity contribution is 0.249. The van der Waals surface area contributed by atoms with Gasteiger partial charge in [-0.25, -0.2) is 0 Å². The zero-order valence-electron chi connectivity index (χ0n) is 11.3. The van der Waals surface area contributed by atoms with Crippen LogP contribution in [0.5, 0.6) is 0 Å². The first-order valence-corrected chi connectivity index (χ1v) is 7.28. The largest absolute Gasteiger partial charge is 0.299 e. The summed E-state index contributed by atoms with van der Waals surface area (Å²) in [5, 5.41) is 10.9. The second kappa shape index (κ2) is 6.51. The van der Waals surface area contributed by atoms with Gasteiger partial charge >= 0.3 is 0 Å². The fourth-order valence-corrected chi connectivity index (χ4v) is 2.83. The second-order valence-electron chi connectivity index (χ2n) is 4.86. The van der Waals surface area contributed by atoms with E-state index in [1.165, 1.54) is 10.4 Å². The zero-order chi connectivity index (χ0) is 13.7. The summed E-state index contributed by atoms with van der Waals surface area (Å²) in [4.78, 5) is 3.78.